The van der Waals surface area contributed by atoms with E-state index < -0.39 is 8.32 Å². The minimum absolute atomic E-state index is 0.0580. The average Bonchev–Trinajstić information content (AvgIpc) is 2.82. The first-order valence-electron chi connectivity index (χ1n) is 14.5. The smallest absolute Gasteiger partial charge is 0.192 e. The molecule has 0 aliphatic carbocycles. The Bertz CT molecular complexity index is 618. The number of benzene rings is 1. The highest BCUT2D eigenvalue weighted by Crippen LogP contribution is 2.38. The summed E-state index contributed by atoms with van der Waals surface area (Å²) in [6.45, 7) is 13.6. The molecular weight excluding hydrogens is 450 g/mol. The molecule has 35 heavy (non-hydrogen) atoms. The molecule has 0 unspecified atom stereocenters. The van der Waals surface area contributed by atoms with E-state index in [1.807, 2.05) is 30.3 Å². The molecule has 4 nitrogen and oxygen atoms in total. The Kier molecular flexibility index (Phi) is 16.9. The normalized spacial score (nSPS) is 14.1. The number of rotatable bonds is 21. The molecule has 1 aromatic rings. The van der Waals surface area contributed by atoms with Crippen molar-refractivity contribution in [2.24, 2.45) is 0 Å². The van der Waals surface area contributed by atoms with Gasteiger partial charge in [0.05, 0.1) is 18.4 Å². The van der Waals surface area contributed by atoms with E-state index in [0.29, 0.717) is 0 Å². The van der Waals surface area contributed by atoms with Gasteiger partial charge in [-0.1, -0.05) is 129 Å². The molecule has 0 aliphatic rings. The lowest BCUT2D eigenvalue weighted by Gasteiger charge is -2.41. The Morgan fingerprint density at radius 3 is 1.71 bits per heavy atom. The second kappa shape index (κ2) is 18.4. The molecule has 2 N–H and O–H groups in total. The minimum Gasteiger partial charge on any atom is -0.411 e. The molecule has 0 heterocycles. The fourth-order valence-corrected chi connectivity index (χ4v) is 5.50. The van der Waals surface area contributed by atoms with Crippen molar-refractivity contribution in [3.8, 4) is 0 Å². The average molecular weight is 508 g/mol. The third kappa shape index (κ3) is 14.4. The first kappa shape index (κ1) is 32.1. The lowest BCUT2D eigenvalue weighted by atomic mass is 10.0. The first-order valence-corrected chi connectivity index (χ1v) is 17.4. The van der Waals surface area contributed by atoms with Gasteiger partial charge in [0, 0.05) is 0 Å². The summed E-state index contributed by atoms with van der Waals surface area (Å²) < 4.78 is 6.76. The molecule has 0 amide bonds. The molecule has 0 radical (unpaired) electrons. The lowest BCUT2D eigenvalue weighted by Crippen LogP contribution is -2.48. The Labute approximate surface area is 218 Å². The van der Waals surface area contributed by atoms with Crippen molar-refractivity contribution < 1.29 is 14.4 Å². The number of hydrogen-bond donors (Lipinski definition) is 2. The van der Waals surface area contributed by atoms with Gasteiger partial charge in [0.25, 0.3) is 0 Å². The van der Waals surface area contributed by atoms with Crippen LogP contribution in [0.1, 0.15) is 118 Å². The Morgan fingerprint density at radius 2 is 1.26 bits per heavy atom. The summed E-state index contributed by atoms with van der Waals surface area (Å²) in [4.78, 5) is 5.96. The zero-order valence-corrected chi connectivity index (χ0v) is 24.9. The molecular formula is C30H57NO3Si. The van der Waals surface area contributed by atoms with Crippen LogP contribution in [-0.2, 0) is 9.26 Å². The number of aliphatic hydroxyl groups is 1. The molecule has 0 fully saturated rings. The van der Waals surface area contributed by atoms with Gasteiger partial charge in [-0.2, -0.15) is 0 Å². The van der Waals surface area contributed by atoms with Crippen molar-refractivity contribution in [3.63, 3.8) is 0 Å². The third-order valence-corrected chi connectivity index (χ3v) is 12.0. The topological polar surface area (TPSA) is 50.7 Å². The van der Waals surface area contributed by atoms with Gasteiger partial charge in [-0.3, -0.25) is 10.3 Å². The number of anilines is 1. The molecule has 0 saturated heterocycles. The van der Waals surface area contributed by atoms with Gasteiger partial charge >= 0.3 is 0 Å². The lowest BCUT2D eigenvalue weighted by molar-refractivity contribution is -0.0396. The SMILES string of the molecule is CCCCCCCCCCCCCCC[C@@H](O[Si](C)(C)C(C)(C)C)[C@@H](CO)ONc1ccccc1. The quantitative estimate of drug-likeness (QED) is 0.0988. The van der Waals surface area contributed by atoms with Crippen LogP contribution in [0.5, 0.6) is 0 Å². The summed E-state index contributed by atoms with van der Waals surface area (Å²) in [5, 5.41) is 10.3. The van der Waals surface area contributed by atoms with Crippen molar-refractivity contribution in [3.05, 3.63) is 30.3 Å². The van der Waals surface area contributed by atoms with E-state index in [-0.39, 0.29) is 23.9 Å². The molecule has 0 bridgehead atoms. The van der Waals surface area contributed by atoms with E-state index in [1.165, 1.54) is 77.0 Å². The number of hydrogen-bond acceptors (Lipinski definition) is 4. The zero-order valence-electron chi connectivity index (χ0n) is 23.9. The number of nitrogens with one attached hydrogen (secondary N) is 1. The van der Waals surface area contributed by atoms with Crippen LogP contribution in [0.2, 0.25) is 18.1 Å². The van der Waals surface area contributed by atoms with Crippen molar-refractivity contribution in [2.45, 2.75) is 148 Å². The molecule has 2 atom stereocenters. The van der Waals surface area contributed by atoms with Crippen LogP contribution in [0.25, 0.3) is 0 Å². The van der Waals surface area contributed by atoms with E-state index >= 15 is 0 Å². The standard InChI is InChI=1S/C30H57NO3Si/c1-7-8-9-10-11-12-13-14-15-16-17-18-22-25-28(34-35(5,6)30(2,3)4)29(26-32)33-31-27-23-20-19-21-24-27/h19-21,23-24,28-29,31-32H,7-18,22,25-26H2,1-6H3/t28-,29-/m1/s1. The maximum absolute atomic E-state index is 10.1. The Morgan fingerprint density at radius 1 is 0.771 bits per heavy atom. The minimum atomic E-state index is -1.98. The maximum atomic E-state index is 10.1. The molecule has 0 saturated carbocycles. The predicted molar refractivity (Wildman–Crippen MR) is 154 cm³/mol. The monoisotopic (exact) mass is 507 g/mol. The third-order valence-electron chi connectivity index (χ3n) is 7.54. The fourth-order valence-electron chi connectivity index (χ4n) is 4.12. The van der Waals surface area contributed by atoms with Gasteiger partial charge in [0.1, 0.15) is 6.10 Å². The molecule has 0 spiro atoms. The van der Waals surface area contributed by atoms with Crippen LogP contribution in [0.15, 0.2) is 30.3 Å². The highest BCUT2D eigenvalue weighted by molar-refractivity contribution is 6.74. The van der Waals surface area contributed by atoms with Crippen LogP contribution in [0.3, 0.4) is 0 Å². The second-order valence-corrected chi connectivity index (χ2v) is 16.5. The van der Waals surface area contributed by atoms with Gasteiger partial charge in [0.15, 0.2) is 8.32 Å². The summed E-state index contributed by atoms with van der Waals surface area (Å²) in [7, 11) is -1.98. The largest absolute Gasteiger partial charge is 0.411 e. The number of unbranched alkanes of at least 4 members (excludes halogenated alkanes) is 12. The summed E-state index contributed by atoms with van der Waals surface area (Å²) >= 11 is 0. The van der Waals surface area contributed by atoms with Crippen LogP contribution in [0.4, 0.5) is 5.69 Å². The van der Waals surface area contributed by atoms with E-state index in [0.717, 1.165) is 18.5 Å². The molecule has 0 aromatic heterocycles. The molecule has 1 rings (SSSR count). The van der Waals surface area contributed by atoms with Crippen molar-refractivity contribution in [2.75, 3.05) is 12.1 Å². The van der Waals surface area contributed by atoms with Gasteiger partial charge in [-0.15, -0.1) is 0 Å². The maximum Gasteiger partial charge on any atom is 0.192 e. The van der Waals surface area contributed by atoms with E-state index in [1.54, 1.807) is 0 Å². The van der Waals surface area contributed by atoms with Gasteiger partial charge in [-0.25, -0.2) is 0 Å². The van der Waals surface area contributed by atoms with Crippen molar-refractivity contribution in [1.82, 2.24) is 0 Å². The predicted octanol–water partition coefficient (Wildman–Crippen LogP) is 9.26. The molecule has 5 heteroatoms. The van der Waals surface area contributed by atoms with Crippen LogP contribution in [0, 0.1) is 0 Å². The summed E-state index contributed by atoms with van der Waals surface area (Å²) in [6.07, 6.45) is 17.9. The first-order chi connectivity index (χ1) is 16.7. The fraction of sp³-hybridized carbons (Fsp3) is 0.800. The van der Waals surface area contributed by atoms with E-state index in [2.05, 4.69) is 46.3 Å². The molecule has 0 aliphatic heterocycles. The summed E-state index contributed by atoms with van der Waals surface area (Å²) in [5.41, 5.74) is 3.91. The number of aliphatic hydroxyl groups excluding tert-OH is 1. The highest BCUT2D eigenvalue weighted by atomic mass is 28.4. The van der Waals surface area contributed by atoms with Crippen molar-refractivity contribution in [1.29, 1.82) is 0 Å². The second-order valence-electron chi connectivity index (χ2n) is 11.8. The van der Waals surface area contributed by atoms with Crippen LogP contribution in [-0.4, -0.2) is 32.2 Å². The summed E-state index contributed by atoms with van der Waals surface area (Å²) in [5.74, 6) is 0. The van der Waals surface area contributed by atoms with Gasteiger partial charge in [0.2, 0.25) is 0 Å². The Balaban J connectivity index is 2.41. The van der Waals surface area contributed by atoms with Gasteiger partial charge in [-0.05, 0) is 36.7 Å². The number of para-hydroxylation sites is 1. The van der Waals surface area contributed by atoms with E-state index in [4.69, 9.17) is 9.26 Å². The van der Waals surface area contributed by atoms with Crippen molar-refractivity contribution >= 4 is 14.0 Å². The zero-order chi connectivity index (χ0) is 26.0. The van der Waals surface area contributed by atoms with Crippen LogP contribution < -0.4 is 5.48 Å². The molecule has 204 valence electrons. The van der Waals surface area contributed by atoms with Gasteiger partial charge < -0.3 is 9.53 Å². The molecule has 1 aromatic carbocycles. The van der Waals surface area contributed by atoms with E-state index in [9.17, 15) is 5.11 Å². The van der Waals surface area contributed by atoms with Crippen LogP contribution >= 0.6 is 0 Å². The highest BCUT2D eigenvalue weighted by Gasteiger charge is 2.41. The Hall–Kier alpha value is -0.883. The summed E-state index contributed by atoms with van der Waals surface area (Å²) in [6, 6.07) is 9.84.